The maximum absolute atomic E-state index is 13.9. The SMILES string of the molecule is CN(Cc1c(F)ccc(I)c1F)C1CCNCC1. The van der Waals surface area contributed by atoms with Crippen LogP contribution in [-0.2, 0) is 6.54 Å². The maximum Gasteiger partial charge on any atom is 0.143 e. The van der Waals surface area contributed by atoms with E-state index in [1.807, 2.05) is 29.6 Å². The van der Waals surface area contributed by atoms with E-state index in [0.29, 0.717) is 16.2 Å². The summed E-state index contributed by atoms with van der Waals surface area (Å²) in [7, 11) is 1.94. The molecule has 1 aromatic carbocycles. The monoisotopic (exact) mass is 366 g/mol. The van der Waals surface area contributed by atoms with E-state index in [4.69, 9.17) is 0 Å². The average Bonchev–Trinajstić information content (AvgIpc) is 2.40. The molecule has 18 heavy (non-hydrogen) atoms. The van der Waals surface area contributed by atoms with Gasteiger partial charge in [0.15, 0.2) is 0 Å². The molecule has 100 valence electrons. The molecule has 1 N–H and O–H groups in total. The second kappa shape index (κ2) is 6.25. The Kier molecular flexibility index (Phi) is 4.91. The van der Waals surface area contributed by atoms with Gasteiger partial charge in [-0.3, -0.25) is 4.90 Å². The second-order valence-corrected chi connectivity index (χ2v) is 5.88. The molecule has 1 aromatic rings. The highest BCUT2D eigenvalue weighted by Gasteiger charge is 2.21. The number of benzene rings is 1. The third-order valence-electron chi connectivity index (χ3n) is 3.48. The zero-order valence-corrected chi connectivity index (χ0v) is 12.5. The minimum Gasteiger partial charge on any atom is -0.317 e. The summed E-state index contributed by atoms with van der Waals surface area (Å²) in [5.41, 5.74) is 0.183. The number of piperidine rings is 1. The highest BCUT2D eigenvalue weighted by molar-refractivity contribution is 14.1. The molecule has 1 aliphatic heterocycles. The van der Waals surface area contributed by atoms with Crippen molar-refractivity contribution in [2.45, 2.75) is 25.4 Å². The largest absolute Gasteiger partial charge is 0.317 e. The Morgan fingerprint density at radius 3 is 2.67 bits per heavy atom. The van der Waals surface area contributed by atoms with Crippen molar-refractivity contribution < 1.29 is 8.78 Å². The molecule has 0 atom stereocenters. The summed E-state index contributed by atoms with van der Waals surface area (Å²) in [6, 6.07) is 3.22. The molecule has 1 aliphatic rings. The summed E-state index contributed by atoms with van der Waals surface area (Å²) in [4.78, 5) is 2.05. The van der Waals surface area contributed by atoms with E-state index in [1.54, 1.807) is 0 Å². The standard InChI is InChI=1S/C13H17F2IN2/c1-18(9-4-6-17-7-5-9)8-10-11(14)2-3-12(16)13(10)15/h2-3,9,17H,4-8H2,1H3. The summed E-state index contributed by atoms with van der Waals surface area (Å²) in [5, 5.41) is 3.29. The van der Waals surface area contributed by atoms with E-state index in [2.05, 4.69) is 10.2 Å². The number of hydrogen-bond acceptors (Lipinski definition) is 2. The van der Waals surface area contributed by atoms with E-state index in [9.17, 15) is 8.78 Å². The third-order valence-corrected chi connectivity index (χ3v) is 4.31. The van der Waals surface area contributed by atoms with E-state index in [0.717, 1.165) is 25.9 Å². The number of halogens is 3. The van der Waals surface area contributed by atoms with Crippen molar-refractivity contribution in [2.24, 2.45) is 0 Å². The van der Waals surface area contributed by atoms with Gasteiger partial charge in [0.1, 0.15) is 11.6 Å². The lowest BCUT2D eigenvalue weighted by Crippen LogP contribution is -2.41. The first-order chi connectivity index (χ1) is 8.59. The average molecular weight is 366 g/mol. The Balaban J connectivity index is 2.10. The smallest absolute Gasteiger partial charge is 0.143 e. The lowest BCUT2D eigenvalue weighted by molar-refractivity contribution is 0.187. The van der Waals surface area contributed by atoms with E-state index in [1.165, 1.54) is 12.1 Å². The molecule has 1 fully saturated rings. The lowest BCUT2D eigenvalue weighted by Gasteiger charge is -2.31. The summed E-state index contributed by atoms with van der Waals surface area (Å²) >= 11 is 1.90. The van der Waals surface area contributed by atoms with Gasteiger partial charge in [-0.05, 0) is 67.7 Å². The molecule has 0 aromatic heterocycles. The summed E-state index contributed by atoms with van der Waals surface area (Å²) in [5.74, 6) is -0.870. The number of rotatable bonds is 3. The third kappa shape index (κ3) is 3.19. The molecule has 5 heteroatoms. The highest BCUT2D eigenvalue weighted by Crippen LogP contribution is 2.21. The van der Waals surface area contributed by atoms with E-state index >= 15 is 0 Å². The molecular formula is C13H17F2IN2. The zero-order chi connectivity index (χ0) is 13.1. The number of nitrogens with zero attached hydrogens (tertiary/aromatic N) is 1. The van der Waals surface area contributed by atoms with Gasteiger partial charge in [-0.25, -0.2) is 8.78 Å². The van der Waals surface area contributed by atoms with Gasteiger partial charge in [0, 0.05) is 21.7 Å². The summed E-state index contributed by atoms with van der Waals surface area (Å²) in [6.45, 7) is 2.29. The van der Waals surface area contributed by atoms with Crippen molar-refractivity contribution in [2.75, 3.05) is 20.1 Å². The maximum atomic E-state index is 13.9. The van der Waals surface area contributed by atoms with Crippen LogP contribution in [0.25, 0.3) is 0 Å². The van der Waals surface area contributed by atoms with Crippen molar-refractivity contribution in [3.05, 3.63) is 32.9 Å². The van der Waals surface area contributed by atoms with Gasteiger partial charge in [0.2, 0.25) is 0 Å². The predicted molar refractivity (Wildman–Crippen MR) is 76.4 cm³/mol. The van der Waals surface area contributed by atoms with Crippen molar-refractivity contribution in [3.63, 3.8) is 0 Å². The molecule has 0 saturated carbocycles. The van der Waals surface area contributed by atoms with E-state index < -0.39 is 11.6 Å². The molecule has 1 saturated heterocycles. The highest BCUT2D eigenvalue weighted by atomic mass is 127. The zero-order valence-electron chi connectivity index (χ0n) is 10.3. The van der Waals surface area contributed by atoms with Gasteiger partial charge in [-0.15, -0.1) is 0 Å². The lowest BCUT2D eigenvalue weighted by atomic mass is 10.0. The van der Waals surface area contributed by atoms with E-state index in [-0.39, 0.29) is 5.56 Å². The molecule has 0 spiro atoms. The van der Waals surface area contributed by atoms with Crippen molar-refractivity contribution in [3.8, 4) is 0 Å². The Hall–Kier alpha value is -0.270. The van der Waals surface area contributed by atoms with Gasteiger partial charge in [-0.2, -0.15) is 0 Å². The fraction of sp³-hybridized carbons (Fsp3) is 0.538. The number of nitrogens with one attached hydrogen (secondary N) is 1. The van der Waals surface area contributed by atoms with Crippen LogP contribution in [0.3, 0.4) is 0 Å². The molecule has 2 rings (SSSR count). The van der Waals surface area contributed by atoms with Gasteiger partial charge in [0.25, 0.3) is 0 Å². The molecule has 0 aliphatic carbocycles. The number of hydrogen-bond donors (Lipinski definition) is 1. The van der Waals surface area contributed by atoms with Crippen LogP contribution in [0.2, 0.25) is 0 Å². The Bertz CT molecular complexity index is 420. The van der Waals surface area contributed by atoms with Gasteiger partial charge < -0.3 is 5.32 Å². The van der Waals surface area contributed by atoms with Crippen LogP contribution < -0.4 is 5.32 Å². The van der Waals surface area contributed by atoms with Gasteiger partial charge in [0.05, 0.1) is 0 Å². The minimum absolute atomic E-state index is 0.183. The quantitative estimate of drug-likeness (QED) is 0.654. The van der Waals surface area contributed by atoms with Crippen molar-refractivity contribution in [1.29, 1.82) is 0 Å². The Labute approximate surface area is 120 Å². The van der Waals surface area contributed by atoms with Crippen molar-refractivity contribution >= 4 is 22.6 Å². The first-order valence-electron chi connectivity index (χ1n) is 6.13. The van der Waals surface area contributed by atoms with Crippen LogP contribution in [0, 0.1) is 15.2 Å². The fourth-order valence-electron chi connectivity index (χ4n) is 2.34. The minimum atomic E-state index is -0.450. The topological polar surface area (TPSA) is 15.3 Å². The van der Waals surface area contributed by atoms with Crippen LogP contribution >= 0.6 is 22.6 Å². The van der Waals surface area contributed by atoms with Gasteiger partial charge in [-0.1, -0.05) is 0 Å². The fourth-order valence-corrected chi connectivity index (χ4v) is 2.85. The van der Waals surface area contributed by atoms with Crippen molar-refractivity contribution in [1.82, 2.24) is 10.2 Å². The Morgan fingerprint density at radius 1 is 1.33 bits per heavy atom. The predicted octanol–water partition coefficient (Wildman–Crippen LogP) is 2.75. The molecule has 1 heterocycles. The molecule has 0 bridgehead atoms. The Morgan fingerprint density at radius 2 is 2.00 bits per heavy atom. The van der Waals surface area contributed by atoms with Crippen LogP contribution in [-0.4, -0.2) is 31.1 Å². The molecule has 0 amide bonds. The molecule has 2 nitrogen and oxygen atoms in total. The molecular weight excluding hydrogens is 349 g/mol. The van der Waals surface area contributed by atoms with Crippen LogP contribution in [0.1, 0.15) is 18.4 Å². The first-order valence-corrected chi connectivity index (χ1v) is 7.21. The van der Waals surface area contributed by atoms with Gasteiger partial charge >= 0.3 is 0 Å². The second-order valence-electron chi connectivity index (χ2n) is 4.72. The van der Waals surface area contributed by atoms with Crippen LogP contribution in [0.4, 0.5) is 8.78 Å². The summed E-state index contributed by atoms with van der Waals surface area (Å²) in [6.07, 6.45) is 2.06. The summed E-state index contributed by atoms with van der Waals surface area (Å²) < 4.78 is 28.1. The molecule has 0 radical (unpaired) electrons. The first kappa shape index (κ1) is 14.1. The van der Waals surface area contributed by atoms with Crippen LogP contribution in [0.15, 0.2) is 12.1 Å². The molecule has 0 unspecified atom stereocenters. The normalized spacial score (nSPS) is 17.4. The van der Waals surface area contributed by atoms with Crippen LogP contribution in [0.5, 0.6) is 0 Å².